The maximum Gasteiger partial charge on any atom is 0.432 e. The molecule has 0 aliphatic rings. The SMILES string of the molecule is COP(=O)(Nc1c(C)cccc1C)OC. The molecule has 1 aromatic rings. The van der Waals surface area contributed by atoms with Crippen molar-refractivity contribution in [2.75, 3.05) is 19.3 Å². The number of anilines is 1. The van der Waals surface area contributed by atoms with Gasteiger partial charge in [0.25, 0.3) is 0 Å². The summed E-state index contributed by atoms with van der Waals surface area (Å²) >= 11 is 0. The van der Waals surface area contributed by atoms with Crippen LogP contribution in [0.25, 0.3) is 0 Å². The number of hydrogen-bond acceptors (Lipinski definition) is 3. The summed E-state index contributed by atoms with van der Waals surface area (Å²) in [6.45, 7) is 3.87. The van der Waals surface area contributed by atoms with Crippen LogP contribution in [-0.4, -0.2) is 14.2 Å². The monoisotopic (exact) mass is 229 g/mol. The smallest absolute Gasteiger partial charge is 0.296 e. The third-order valence-corrected chi connectivity index (χ3v) is 3.67. The number of aryl methyl sites for hydroxylation is 2. The Balaban J connectivity index is 3.03. The third kappa shape index (κ3) is 2.81. The molecule has 5 heteroatoms. The van der Waals surface area contributed by atoms with Gasteiger partial charge in [0.2, 0.25) is 0 Å². The fourth-order valence-corrected chi connectivity index (χ4v) is 2.25. The summed E-state index contributed by atoms with van der Waals surface area (Å²) in [5.74, 6) is 0. The summed E-state index contributed by atoms with van der Waals surface area (Å²) in [7, 11) is -0.503. The topological polar surface area (TPSA) is 47.6 Å². The van der Waals surface area contributed by atoms with Gasteiger partial charge in [-0.05, 0) is 25.0 Å². The Labute approximate surface area is 90.2 Å². The Kier molecular flexibility index (Phi) is 3.91. The second-order valence-electron chi connectivity index (χ2n) is 3.24. The van der Waals surface area contributed by atoms with E-state index in [0.717, 1.165) is 16.8 Å². The Hall–Kier alpha value is -0.830. The molecule has 1 rings (SSSR count). The van der Waals surface area contributed by atoms with Gasteiger partial charge < -0.3 is 0 Å². The van der Waals surface area contributed by atoms with Crippen LogP contribution >= 0.6 is 7.75 Å². The normalized spacial score (nSPS) is 11.5. The third-order valence-electron chi connectivity index (χ3n) is 2.21. The van der Waals surface area contributed by atoms with Crippen molar-refractivity contribution >= 4 is 13.4 Å². The second-order valence-corrected chi connectivity index (χ2v) is 5.19. The maximum absolute atomic E-state index is 11.9. The summed E-state index contributed by atoms with van der Waals surface area (Å²) in [6, 6.07) is 5.82. The van der Waals surface area contributed by atoms with Crippen molar-refractivity contribution in [3.63, 3.8) is 0 Å². The van der Waals surface area contributed by atoms with Crippen molar-refractivity contribution in [2.24, 2.45) is 0 Å². The van der Waals surface area contributed by atoms with E-state index < -0.39 is 7.75 Å². The minimum Gasteiger partial charge on any atom is -0.296 e. The highest BCUT2D eigenvalue weighted by atomic mass is 31.2. The van der Waals surface area contributed by atoms with E-state index in [9.17, 15) is 4.57 Å². The fourth-order valence-electron chi connectivity index (χ4n) is 1.29. The standard InChI is InChI=1S/C10H16NO3P/c1-8-6-5-7-9(2)10(8)11-15(12,13-3)14-4/h5-7H,1-4H3,(H,11,12). The van der Waals surface area contributed by atoms with Crippen molar-refractivity contribution in [3.05, 3.63) is 29.3 Å². The second kappa shape index (κ2) is 4.79. The first-order valence-corrected chi connectivity index (χ1v) is 6.12. The summed E-state index contributed by atoms with van der Waals surface area (Å²) in [4.78, 5) is 0. The van der Waals surface area contributed by atoms with Crippen LogP contribution in [0.2, 0.25) is 0 Å². The molecule has 0 bridgehead atoms. The molecule has 0 aromatic heterocycles. The molecule has 0 aliphatic carbocycles. The van der Waals surface area contributed by atoms with Gasteiger partial charge >= 0.3 is 7.75 Å². The molecule has 0 radical (unpaired) electrons. The Morgan fingerprint density at radius 3 is 2.00 bits per heavy atom. The van der Waals surface area contributed by atoms with E-state index in [1.54, 1.807) is 0 Å². The van der Waals surface area contributed by atoms with E-state index in [2.05, 4.69) is 5.09 Å². The molecule has 1 N–H and O–H groups in total. The highest BCUT2D eigenvalue weighted by Crippen LogP contribution is 2.47. The van der Waals surface area contributed by atoms with Crippen molar-refractivity contribution < 1.29 is 13.6 Å². The van der Waals surface area contributed by atoms with E-state index in [0.29, 0.717) is 0 Å². The number of benzene rings is 1. The molecule has 0 heterocycles. The summed E-state index contributed by atoms with van der Waals surface area (Å²) in [5.41, 5.74) is 2.80. The first-order chi connectivity index (χ1) is 7.02. The van der Waals surface area contributed by atoms with Crippen LogP contribution in [-0.2, 0) is 13.6 Å². The van der Waals surface area contributed by atoms with Crippen LogP contribution < -0.4 is 5.09 Å². The summed E-state index contributed by atoms with van der Waals surface area (Å²) < 4.78 is 21.5. The van der Waals surface area contributed by atoms with Crippen LogP contribution in [0.3, 0.4) is 0 Å². The molecule has 0 saturated carbocycles. The molecule has 0 fully saturated rings. The summed E-state index contributed by atoms with van der Waals surface area (Å²) in [5, 5.41) is 2.80. The van der Waals surface area contributed by atoms with Crippen molar-refractivity contribution in [2.45, 2.75) is 13.8 Å². The lowest BCUT2D eigenvalue weighted by Crippen LogP contribution is -2.03. The van der Waals surface area contributed by atoms with Gasteiger partial charge in [0.1, 0.15) is 0 Å². The molecule has 0 aliphatic heterocycles. The van der Waals surface area contributed by atoms with Gasteiger partial charge in [-0.15, -0.1) is 0 Å². The van der Waals surface area contributed by atoms with E-state index in [-0.39, 0.29) is 0 Å². The molecular formula is C10H16NO3P. The number of rotatable bonds is 4. The molecule has 0 atom stereocenters. The van der Waals surface area contributed by atoms with Crippen LogP contribution in [0.1, 0.15) is 11.1 Å². The quantitative estimate of drug-likeness (QED) is 0.806. The largest absolute Gasteiger partial charge is 0.432 e. The van der Waals surface area contributed by atoms with Gasteiger partial charge in [-0.1, -0.05) is 18.2 Å². The average Bonchev–Trinajstić information content (AvgIpc) is 2.23. The van der Waals surface area contributed by atoms with Gasteiger partial charge in [-0.3, -0.25) is 14.1 Å². The Bertz CT molecular complexity index is 364. The minimum absolute atomic E-state index is 0.796. The maximum atomic E-state index is 11.9. The number of para-hydroxylation sites is 1. The van der Waals surface area contributed by atoms with Crippen LogP contribution in [0, 0.1) is 13.8 Å². The first kappa shape index (κ1) is 12.2. The summed E-state index contributed by atoms with van der Waals surface area (Å²) in [6.07, 6.45) is 0. The first-order valence-electron chi connectivity index (χ1n) is 4.58. The lowest BCUT2D eigenvalue weighted by atomic mass is 10.1. The molecular weight excluding hydrogens is 213 g/mol. The van der Waals surface area contributed by atoms with Gasteiger partial charge in [0, 0.05) is 19.9 Å². The molecule has 1 aromatic carbocycles. The fraction of sp³-hybridized carbons (Fsp3) is 0.400. The molecule has 84 valence electrons. The molecule has 0 saturated heterocycles. The van der Waals surface area contributed by atoms with E-state index in [1.807, 2.05) is 32.0 Å². The van der Waals surface area contributed by atoms with E-state index >= 15 is 0 Å². The zero-order chi connectivity index (χ0) is 11.5. The molecule has 15 heavy (non-hydrogen) atoms. The van der Waals surface area contributed by atoms with Crippen LogP contribution in [0.15, 0.2) is 18.2 Å². The predicted molar refractivity (Wildman–Crippen MR) is 61.2 cm³/mol. The average molecular weight is 229 g/mol. The Morgan fingerprint density at radius 2 is 1.60 bits per heavy atom. The van der Waals surface area contributed by atoms with Crippen molar-refractivity contribution in [3.8, 4) is 0 Å². The highest BCUT2D eigenvalue weighted by molar-refractivity contribution is 7.55. The van der Waals surface area contributed by atoms with Gasteiger partial charge in [-0.2, -0.15) is 0 Å². The van der Waals surface area contributed by atoms with Crippen LogP contribution in [0.4, 0.5) is 5.69 Å². The number of nitrogens with one attached hydrogen (secondary N) is 1. The van der Waals surface area contributed by atoms with E-state index in [4.69, 9.17) is 9.05 Å². The van der Waals surface area contributed by atoms with Gasteiger partial charge in [-0.25, -0.2) is 4.57 Å². The van der Waals surface area contributed by atoms with Crippen molar-refractivity contribution in [1.82, 2.24) is 0 Å². The van der Waals surface area contributed by atoms with Gasteiger partial charge in [0.05, 0.1) is 0 Å². The molecule has 4 nitrogen and oxygen atoms in total. The predicted octanol–water partition coefficient (Wildman–Crippen LogP) is 3.12. The minimum atomic E-state index is -3.21. The molecule has 0 amide bonds. The Morgan fingerprint density at radius 1 is 1.13 bits per heavy atom. The lowest BCUT2D eigenvalue weighted by molar-refractivity contribution is 0.281. The number of hydrogen-bond donors (Lipinski definition) is 1. The van der Waals surface area contributed by atoms with E-state index in [1.165, 1.54) is 14.2 Å². The highest BCUT2D eigenvalue weighted by Gasteiger charge is 2.22. The van der Waals surface area contributed by atoms with Crippen molar-refractivity contribution in [1.29, 1.82) is 0 Å². The van der Waals surface area contributed by atoms with Gasteiger partial charge in [0.15, 0.2) is 0 Å². The molecule has 0 spiro atoms. The molecule has 0 unspecified atom stereocenters. The zero-order valence-electron chi connectivity index (χ0n) is 9.40. The lowest BCUT2D eigenvalue weighted by Gasteiger charge is -2.18. The van der Waals surface area contributed by atoms with Crippen LogP contribution in [0.5, 0.6) is 0 Å². The zero-order valence-corrected chi connectivity index (χ0v) is 10.3.